The van der Waals surface area contributed by atoms with Crippen LogP contribution in [0.4, 0.5) is 0 Å². The quantitative estimate of drug-likeness (QED) is 0.384. The Hall–Kier alpha value is 0.400. The highest BCUT2D eigenvalue weighted by Crippen LogP contribution is 2.10. The smallest absolute Gasteiger partial charge is 0.0790 e. The van der Waals surface area contributed by atoms with Crippen molar-refractivity contribution in [3.8, 4) is 0 Å². The molecule has 0 aromatic carbocycles. The molecule has 1 N–H and O–H groups in total. The summed E-state index contributed by atoms with van der Waals surface area (Å²) in [5, 5.41) is 9.26. The molecular weight excluding hydrogens is 280 g/mol. The van der Waals surface area contributed by atoms with Gasteiger partial charge in [0.05, 0.1) is 11.9 Å². The SMILES string of the molecule is CCCCCCCCCCCC[S@@](=O)C[C@@H](O)CCl. The summed E-state index contributed by atoms with van der Waals surface area (Å²) in [5.41, 5.74) is 0. The Balaban J connectivity index is 3.16. The van der Waals surface area contributed by atoms with Crippen molar-refractivity contribution in [2.45, 2.75) is 77.2 Å². The van der Waals surface area contributed by atoms with Gasteiger partial charge in [-0.25, -0.2) is 0 Å². The van der Waals surface area contributed by atoms with Crippen LogP contribution in [0.1, 0.15) is 71.1 Å². The van der Waals surface area contributed by atoms with E-state index in [1.165, 1.54) is 51.4 Å². The van der Waals surface area contributed by atoms with E-state index in [-0.39, 0.29) is 5.88 Å². The van der Waals surface area contributed by atoms with Crippen molar-refractivity contribution in [2.75, 3.05) is 17.4 Å². The van der Waals surface area contributed by atoms with E-state index in [1.54, 1.807) is 0 Å². The van der Waals surface area contributed by atoms with Gasteiger partial charge in [0.25, 0.3) is 0 Å². The lowest BCUT2D eigenvalue weighted by Gasteiger charge is -2.06. The van der Waals surface area contributed by atoms with Crippen LogP contribution in [0.2, 0.25) is 0 Å². The summed E-state index contributed by atoms with van der Waals surface area (Å²) in [6.07, 6.45) is 12.3. The number of halogens is 1. The number of aliphatic hydroxyl groups excluding tert-OH is 1. The molecule has 116 valence electrons. The van der Waals surface area contributed by atoms with Gasteiger partial charge >= 0.3 is 0 Å². The predicted molar refractivity (Wildman–Crippen MR) is 86.4 cm³/mol. The van der Waals surface area contributed by atoms with Crippen LogP contribution in [0.5, 0.6) is 0 Å². The van der Waals surface area contributed by atoms with Gasteiger partial charge in [0.2, 0.25) is 0 Å². The van der Waals surface area contributed by atoms with Crippen molar-refractivity contribution in [3.63, 3.8) is 0 Å². The Morgan fingerprint density at radius 1 is 0.947 bits per heavy atom. The Kier molecular flexibility index (Phi) is 15.1. The molecule has 0 aromatic heterocycles. The fourth-order valence-electron chi connectivity index (χ4n) is 2.09. The van der Waals surface area contributed by atoms with E-state index in [4.69, 9.17) is 11.6 Å². The summed E-state index contributed by atoms with van der Waals surface area (Å²) in [6.45, 7) is 2.25. The fraction of sp³-hybridized carbons (Fsp3) is 1.00. The Morgan fingerprint density at radius 2 is 1.42 bits per heavy atom. The minimum Gasteiger partial charge on any atom is -0.391 e. The van der Waals surface area contributed by atoms with Gasteiger partial charge in [-0.15, -0.1) is 11.6 Å². The number of hydrogen-bond donors (Lipinski definition) is 1. The average molecular weight is 311 g/mol. The van der Waals surface area contributed by atoms with E-state index in [9.17, 15) is 9.32 Å². The van der Waals surface area contributed by atoms with Gasteiger partial charge in [-0.05, 0) is 6.42 Å². The zero-order valence-corrected chi connectivity index (χ0v) is 14.0. The summed E-state index contributed by atoms with van der Waals surface area (Å²) in [7, 11) is -0.897. The lowest BCUT2D eigenvalue weighted by molar-refractivity contribution is 0.222. The second-order valence-electron chi connectivity index (χ2n) is 5.30. The van der Waals surface area contributed by atoms with Crippen molar-refractivity contribution < 1.29 is 9.32 Å². The average Bonchev–Trinajstić information content (AvgIpc) is 2.40. The molecule has 0 fully saturated rings. The summed E-state index contributed by atoms with van der Waals surface area (Å²) in [6, 6.07) is 0. The van der Waals surface area contributed by atoms with Gasteiger partial charge in [-0.1, -0.05) is 64.7 Å². The van der Waals surface area contributed by atoms with Gasteiger partial charge in [-0.3, -0.25) is 4.21 Å². The Labute approximate surface area is 126 Å². The molecule has 0 saturated heterocycles. The zero-order chi connectivity index (χ0) is 14.3. The summed E-state index contributed by atoms with van der Waals surface area (Å²) in [4.78, 5) is 0. The maximum absolute atomic E-state index is 11.5. The second kappa shape index (κ2) is 14.8. The van der Waals surface area contributed by atoms with E-state index in [0.29, 0.717) is 11.5 Å². The van der Waals surface area contributed by atoms with E-state index in [2.05, 4.69) is 6.92 Å². The van der Waals surface area contributed by atoms with Crippen LogP contribution < -0.4 is 0 Å². The van der Waals surface area contributed by atoms with Crippen molar-refractivity contribution in [2.24, 2.45) is 0 Å². The number of rotatable bonds is 14. The molecule has 0 aliphatic heterocycles. The predicted octanol–water partition coefficient (Wildman–Crippen LogP) is 4.26. The molecule has 0 spiro atoms. The van der Waals surface area contributed by atoms with Gasteiger partial charge in [0.1, 0.15) is 0 Å². The normalized spacial score (nSPS) is 14.5. The first-order chi connectivity index (χ1) is 9.20. The minimum absolute atomic E-state index is 0.184. The van der Waals surface area contributed by atoms with Crippen molar-refractivity contribution in [3.05, 3.63) is 0 Å². The first kappa shape index (κ1) is 19.4. The molecule has 0 radical (unpaired) electrons. The third-order valence-electron chi connectivity index (χ3n) is 3.28. The third-order valence-corrected chi connectivity index (χ3v) is 5.14. The van der Waals surface area contributed by atoms with E-state index in [1.807, 2.05) is 0 Å². The van der Waals surface area contributed by atoms with Crippen LogP contribution >= 0.6 is 11.6 Å². The highest BCUT2D eigenvalue weighted by molar-refractivity contribution is 7.85. The van der Waals surface area contributed by atoms with E-state index < -0.39 is 16.9 Å². The first-order valence-corrected chi connectivity index (χ1v) is 9.82. The van der Waals surface area contributed by atoms with E-state index >= 15 is 0 Å². The lowest BCUT2D eigenvalue weighted by Crippen LogP contribution is -2.19. The van der Waals surface area contributed by atoms with Crippen LogP contribution in [0.25, 0.3) is 0 Å². The molecule has 19 heavy (non-hydrogen) atoms. The first-order valence-electron chi connectivity index (χ1n) is 7.79. The van der Waals surface area contributed by atoms with Crippen molar-refractivity contribution in [1.82, 2.24) is 0 Å². The highest BCUT2D eigenvalue weighted by atomic mass is 35.5. The van der Waals surface area contributed by atoms with Crippen LogP contribution in [-0.4, -0.2) is 32.8 Å². The topological polar surface area (TPSA) is 37.3 Å². The van der Waals surface area contributed by atoms with Crippen LogP contribution in [-0.2, 0) is 10.8 Å². The number of unbranched alkanes of at least 4 members (excludes halogenated alkanes) is 9. The van der Waals surface area contributed by atoms with Gasteiger partial charge in [0.15, 0.2) is 0 Å². The number of aliphatic hydroxyl groups is 1. The molecule has 0 amide bonds. The number of alkyl halides is 1. The Morgan fingerprint density at radius 3 is 1.89 bits per heavy atom. The fourth-order valence-corrected chi connectivity index (χ4v) is 3.57. The van der Waals surface area contributed by atoms with Gasteiger partial charge in [0, 0.05) is 22.4 Å². The Bertz CT molecular complexity index is 212. The lowest BCUT2D eigenvalue weighted by atomic mass is 10.1. The van der Waals surface area contributed by atoms with Crippen LogP contribution in [0.15, 0.2) is 0 Å². The van der Waals surface area contributed by atoms with Crippen LogP contribution in [0.3, 0.4) is 0 Å². The highest BCUT2D eigenvalue weighted by Gasteiger charge is 2.07. The monoisotopic (exact) mass is 310 g/mol. The molecule has 0 saturated carbocycles. The largest absolute Gasteiger partial charge is 0.391 e. The summed E-state index contributed by atoms with van der Waals surface area (Å²) in [5.74, 6) is 1.23. The molecule has 0 aliphatic carbocycles. The van der Waals surface area contributed by atoms with Crippen molar-refractivity contribution in [1.29, 1.82) is 0 Å². The third kappa shape index (κ3) is 14.6. The summed E-state index contributed by atoms with van der Waals surface area (Å²) >= 11 is 5.48. The molecule has 0 aromatic rings. The molecular formula is C15H31ClO2S. The minimum atomic E-state index is -0.897. The van der Waals surface area contributed by atoms with Crippen LogP contribution in [0, 0.1) is 0 Å². The summed E-state index contributed by atoms with van der Waals surface area (Å²) < 4.78 is 11.5. The molecule has 0 aliphatic rings. The zero-order valence-electron chi connectivity index (χ0n) is 12.4. The molecule has 2 nitrogen and oxygen atoms in total. The van der Waals surface area contributed by atoms with Gasteiger partial charge in [-0.2, -0.15) is 0 Å². The molecule has 0 rings (SSSR count). The molecule has 0 bridgehead atoms. The number of hydrogen-bond acceptors (Lipinski definition) is 2. The van der Waals surface area contributed by atoms with Gasteiger partial charge < -0.3 is 5.11 Å². The van der Waals surface area contributed by atoms with E-state index in [0.717, 1.165) is 12.8 Å². The standard InChI is InChI=1S/C15H31ClO2S/c1-2-3-4-5-6-7-8-9-10-11-12-19(18)14-15(17)13-16/h15,17H,2-14H2,1H3/t15-,19+/m0/s1. The second-order valence-corrected chi connectivity index (χ2v) is 7.23. The maximum atomic E-state index is 11.5. The molecule has 4 heteroatoms. The maximum Gasteiger partial charge on any atom is 0.0790 e. The van der Waals surface area contributed by atoms with Crippen molar-refractivity contribution >= 4 is 22.4 Å². The molecule has 2 atom stereocenters. The molecule has 0 unspecified atom stereocenters. The molecule has 0 heterocycles.